The van der Waals surface area contributed by atoms with E-state index in [1.54, 1.807) is 6.92 Å². The highest BCUT2D eigenvalue weighted by atomic mass is 32.2. The number of alkyl halides is 3. The average Bonchev–Trinajstić information content (AvgIpc) is 2.27. The molecule has 0 bridgehead atoms. The lowest BCUT2D eigenvalue weighted by atomic mass is 10.2. The van der Waals surface area contributed by atoms with Crippen molar-refractivity contribution in [1.29, 1.82) is 0 Å². The summed E-state index contributed by atoms with van der Waals surface area (Å²) in [7, 11) is 0. The predicted molar refractivity (Wildman–Crippen MR) is 60.2 cm³/mol. The number of amides is 1. The highest BCUT2D eigenvalue weighted by Gasteiger charge is 2.33. The smallest absolute Gasteiger partial charge is 0.395 e. The van der Waals surface area contributed by atoms with Gasteiger partial charge in [0.25, 0.3) is 5.91 Å². The fraction of sp³-hybridized carbons (Fsp3) is 0.400. The number of hydrogen-bond acceptors (Lipinski definition) is 4. The second-order valence-electron chi connectivity index (χ2n) is 3.52. The lowest BCUT2D eigenvalue weighted by Gasteiger charge is -2.12. The topological polar surface area (TPSA) is 76.2 Å². The molecule has 18 heavy (non-hydrogen) atoms. The van der Waals surface area contributed by atoms with Crippen molar-refractivity contribution >= 4 is 17.7 Å². The molecule has 1 aromatic heterocycles. The molecule has 1 aromatic rings. The number of rotatable bonds is 4. The molecule has 4 nitrogen and oxygen atoms in total. The molecule has 100 valence electrons. The van der Waals surface area contributed by atoms with Crippen molar-refractivity contribution in [3.8, 4) is 0 Å². The molecule has 8 heteroatoms. The van der Waals surface area contributed by atoms with Gasteiger partial charge in [0.05, 0.1) is 12.2 Å². The van der Waals surface area contributed by atoms with Gasteiger partial charge in [0, 0.05) is 5.25 Å². The van der Waals surface area contributed by atoms with Crippen LogP contribution in [0, 0.1) is 0 Å². The van der Waals surface area contributed by atoms with Crippen LogP contribution in [0.15, 0.2) is 17.2 Å². The number of aromatic nitrogens is 1. The minimum atomic E-state index is -4.59. The van der Waals surface area contributed by atoms with Crippen LogP contribution in [0.25, 0.3) is 0 Å². The van der Waals surface area contributed by atoms with Gasteiger partial charge in [0.2, 0.25) is 0 Å². The van der Waals surface area contributed by atoms with E-state index in [-0.39, 0.29) is 22.4 Å². The normalized spacial score (nSPS) is 13.4. The quantitative estimate of drug-likeness (QED) is 0.823. The number of aliphatic hydroxyl groups is 1. The molecule has 0 spiro atoms. The number of nitrogens with zero attached hydrogens (tertiary/aromatic N) is 1. The molecule has 0 fully saturated rings. The van der Waals surface area contributed by atoms with Crippen molar-refractivity contribution in [1.82, 2.24) is 4.98 Å². The summed E-state index contributed by atoms with van der Waals surface area (Å²) < 4.78 is 37.4. The number of carbonyl (C=O) groups excluding carboxylic acids is 1. The van der Waals surface area contributed by atoms with Crippen LogP contribution in [-0.4, -0.2) is 27.9 Å². The Hall–Kier alpha value is -1.28. The first-order valence-corrected chi connectivity index (χ1v) is 5.79. The predicted octanol–water partition coefficient (Wildman–Crippen LogP) is 1.67. The fourth-order valence-electron chi connectivity index (χ4n) is 1.10. The number of thioether (sulfide) groups is 1. The summed E-state index contributed by atoms with van der Waals surface area (Å²) in [6.45, 7) is 1.35. The third kappa shape index (κ3) is 3.61. The highest BCUT2D eigenvalue weighted by Crippen LogP contribution is 2.32. The number of primary amides is 1. The van der Waals surface area contributed by atoms with Gasteiger partial charge in [0.1, 0.15) is 10.7 Å². The standard InChI is InChI=1S/C10H11F3N2O2S/c1-5(4-16)18-9-6(8(14)17)2-3-7(15-9)10(11,12)13/h2-3,5,16H,4H2,1H3,(H2,14,17). The van der Waals surface area contributed by atoms with E-state index in [9.17, 15) is 18.0 Å². The Morgan fingerprint density at radius 2 is 2.17 bits per heavy atom. The van der Waals surface area contributed by atoms with Crippen LogP contribution in [0.5, 0.6) is 0 Å². The molecule has 0 saturated heterocycles. The van der Waals surface area contributed by atoms with Gasteiger partial charge in [-0.15, -0.1) is 11.8 Å². The summed E-state index contributed by atoms with van der Waals surface area (Å²) in [6, 6.07) is 1.69. The number of pyridine rings is 1. The van der Waals surface area contributed by atoms with Crippen LogP contribution >= 0.6 is 11.8 Å². The maximum absolute atomic E-state index is 12.5. The van der Waals surface area contributed by atoms with E-state index in [1.165, 1.54) is 0 Å². The van der Waals surface area contributed by atoms with Crippen molar-refractivity contribution in [2.24, 2.45) is 5.73 Å². The Bertz CT molecular complexity index is 451. The van der Waals surface area contributed by atoms with Crippen molar-refractivity contribution < 1.29 is 23.1 Å². The molecular weight excluding hydrogens is 269 g/mol. The molecule has 0 aliphatic heterocycles. The maximum atomic E-state index is 12.5. The van der Waals surface area contributed by atoms with Gasteiger partial charge < -0.3 is 10.8 Å². The number of halogens is 3. The van der Waals surface area contributed by atoms with E-state index < -0.39 is 17.8 Å². The maximum Gasteiger partial charge on any atom is 0.433 e. The van der Waals surface area contributed by atoms with Crippen LogP contribution in [0.3, 0.4) is 0 Å². The Labute approximate surface area is 105 Å². The van der Waals surface area contributed by atoms with E-state index in [0.717, 1.165) is 17.8 Å². The zero-order valence-electron chi connectivity index (χ0n) is 9.36. The summed E-state index contributed by atoms with van der Waals surface area (Å²) in [5.74, 6) is -0.858. The number of nitrogens with two attached hydrogens (primary N) is 1. The molecule has 1 heterocycles. The zero-order chi connectivity index (χ0) is 13.9. The second kappa shape index (κ2) is 5.57. The summed E-state index contributed by atoms with van der Waals surface area (Å²) in [5.41, 5.74) is 3.87. The summed E-state index contributed by atoms with van der Waals surface area (Å²) >= 11 is 0.867. The lowest BCUT2D eigenvalue weighted by molar-refractivity contribution is -0.141. The molecular formula is C10H11F3N2O2S. The van der Waals surface area contributed by atoms with Crippen molar-refractivity contribution in [2.75, 3.05) is 6.61 Å². The van der Waals surface area contributed by atoms with Crippen molar-refractivity contribution in [3.05, 3.63) is 23.4 Å². The Kier molecular flexibility index (Phi) is 4.58. The van der Waals surface area contributed by atoms with Gasteiger partial charge >= 0.3 is 6.18 Å². The van der Waals surface area contributed by atoms with E-state index >= 15 is 0 Å². The molecule has 3 N–H and O–H groups in total. The van der Waals surface area contributed by atoms with Gasteiger partial charge in [0.15, 0.2) is 0 Å². The minimum Gasteiger partial charge on any atom is -0.395 e. The zero-order valence-corrected chi connectivity index (χ0v) is 10.2. The molecule has 1 unspecified atom stereocenters. The van der Waals surface area contributed by atoms with E-state index in [4.69, 9.17) is 10.8 Å². The van der Waals surface area contributed by atoms with Gasteiger partial charge in [-0.3, -0.25) is 4.79 Å². The van der Waals surface area contributed by atoms with Gasteiger partial charge in [-0.25, -0.2) is 4.98 Å². The Balaban J connectivity index is 3.20. The van der Waals surface area contributed by atoms with Crippen LogP contribution in [0.4, 0.5) is 13.2 Å². The minimum absolute atomic E-state index is 0.0895. The van der Waals surface area contributed by atoms with Gasteiger partial charge in [-0.2, -0.15) is 13.2 Å². The SMILES string of the molecule is CC(CO)Sc1nc(C(F)(F)F)ccc1C(N)=O. The first-order valence-electron chi connectivity index (χ1n) is 4.91. The lowest BCUT2D eigenvalue weighted by Crippen LogP contribution is -2.17. The van der Waals surface area contributed by atoms with E-state index in [2.05, 4.69) is 4.98 Å². The van der Waals surface area contributed by atoms with Crippen molar-refractivity contribution in [2.45, 2.75) is 23.4 Å². The van der Waals surface area contributed by atoms with Crippen molar-refractivity contribution in [3.63, 3.8) is 0 Å². The number of aliphatic hydroxyl groups excluding tert-OH is 1. The van der Waals surface area contributed by atoms with Crippen LogP contribution in [-0.2, 0) is 6.18 Å². The molecule has 1 atom stereocenters. The number of carbonyl (C=O) groups is 1. The summed E-state index contributed by atoms with van der Waals surface area (Å²) in [6.07, 6.45) is -4.59. The molecule has 0 radical (unpaired) electrons. The first kappa shape index (κ1) is 14.8. The molecule has 0 aromatic carbocycles. The fourth-order valence-corrected chi connectivity index (χ4v) is 2.01. The van der Waals surface area contributed by atoms with E-state index in [0.29, 0.717) is 6.07 Å². The summed E-state index contributed by atoms with van der Waals surface area (Å²) in [4.78, 5) is 14.5. The first-order chi connectivity index (χ1) is 8.25. The van der Waals surface area contributed by atoms with Crippen LogP contribution in [0.2, 0.25) is 0 Å². The monoisotopic (exact) mass is 280 g/mol. The summed E-state index contributed by atoms with van der Waals surface area (Å²) in [5, 5.41) is 8.35. The third-order valence-electron chi connectivity index (χ3n) is 1.99. The molecule has 1 amide bonds. The van der Waals surface area contributed by atoms with Crippen LogP contribution < -0.4 is 5.73 Å². The van der Waals surface area contributed by atoms with Crippen LogP contribution in [0.1, 0.15) is 23.0 Å². The largest absolute Gasteiger partial charge is 0.433 e. The van der Waals surface area contributed by atoms with Gasteiger partial charge in [-0.1, -0.05) is 6.92 Å². The third-order valence-corrected chi connectivity index (χ3v) is 3.07. The Morgan fingerprint density at radius 3 is 2.61 bits per heavy atom. The molecule has 0 saturated carbocycles. The molecule has 0 aliphatic rings. The van der Waals surface area contributed by atoms with Gasteiger partial charge in [-0.05, 0) is 12.1 Å². The second-order valence-corrected chi connectivity index (χ2v) is 4.95. The molecule has 0 aliphatic carbocycles. The highest BCUT2D eigenvalue weighted by molar-refractivity contribution is 7.99. The Morgan fingerprint density at radius 1 is 1.56 bits per heavy atom. The number of hydrogen-bond donors (Lipinski definition) is 2. The van der Waals surface area contributed by atoms with E-state index in [1.807, 2.05) is 0 Å². The molecule has 1 rings (SSSR count). The average molecular weight is 280 g/mol.